The second-order valence-corrected chi connectivity index (χ2v) is 6.38. The molecule has 0 radical (unpaired) electrons. The number of hydrogen-bond donors (Lipinski definition) is 1. The molecule has 2 aliphatic rings. The van der Waals surface area contributed by atoms with E-state index < -0.39 is 0 Å². The van der Waals surface area contributed by atoms with Gasteiger partial charge in [0.2, 0.25) is 12.7 Å². The molecular weight excluding hydrogens is 471 g/mol. The first-order chi connectivity index (χ1) is 13.3. The van der Waals surface area contributed by atoms with Gasteiger partial charge < -0.3 is 24.6 Å². The van der Waals surface area contributed by atoms with Crippen molar-refractivity contribution in [3.8, 4) is 11.5 Å². The topological polar surface area (TPSA) is 75.1 Å². The predicted molar refractivity (Wildman–Crippen MR) is 119 cm³/mol. The summed E-state index contributed by atoms with van der Waals surface area (Å²) in [4.78, 5) is 18.0. The first kappa shape index (κ1) is 20.4. The SMILES string of the molecule is CCNC(=NCc1ccc2c(c1)OCO2)N1CCN(c2ncccn2)CC1.I. The van der Waals surface area contributed by atoms with Crippen LogP contribution in [0.2, 0.25) is 0 Å². The van der Waals surface area contributed by atoms with Gasteiger partial charge in [-0.3, -0.25) is 0 Å². The Morgan fingerprint density at radius 1 is 1.11 bits per heavy atom. The van der Waals surface area contributed by atoms with Gasteiger partial charge in [-0.1, -0.05) is 6.07 Å². The zero-order valence-corrected chi connectivity index (χ0v) is 18.2. The Morgan fingerprint density at radius 2 is 1.86 bits per heavy atom. The molecule has 0 unspecified atom stereocenters. The Bertz CT molecular complexity index is 796. The summed E-state index contributed by atoms with van der Waals surface area (Å²) >= 11 is 0. The molecule has 0 saturated carbocycles. The van der Waals surface area contributed by atoms with Crippen LogP contribution < -0.4 is 19.7 Å². The minimum Gasteiger partial charge on any atom is -0.454 e. The zero-order chi connectivity index (χ0) is 18.5. The summed E-state index contributed by atoms with van der Waals surface area (Å²) in [6.07, 6.45) is 3.57. The molecule has 8 nitrogen and oxygen atoms in total. The summed E-state index contributed by atoms with van der Waals surface area (Å²) in [5.41, 5.74) is 1.10. The number of aromatic nitrogens is 2. The summed E-state index contributed by atoms with van der Waals surface area (Å²) in [5.74, 6) is 3.32. The van der Waals surface area contributed by atoms with Gasteiger partial charge in [0.05, 0.1) is 6.54 Å². The molecule has 1 saturated heterocycles. The minimum absolute atomic E-state index is 0. The lowest BCUT2D eigenvalue weighted by Crippen LogP contribution is -2.52. The lowest BCUT2D eigenvalue weighted by atomic mass is 10.2. The van der Waals surface area contributed by atoms with E-state index in [2.05, 4.69) is 32.0 Å². The smallest absolute Gasteiger partial charge is 0.231 e. The number of nitrogens with one attached hydrogen (secondary N) is 1. The van der Waals surface area contributed by atoms with E-state index in [-0.39, 0.29) is 24.0 Å². The number of piperazine rings is 1. The van der Waals surface area contributed by atoms with E-state index in [4.69, 9.17) is 14.5 Å². The summed E-state index contributed by atoms with van der Waals surface area (Å²) in [5, 5.41) is 3.40. The van der Waals surface area contributed by atoms with Gasteiger partial charge in [-0.05, 0) is 30.7 Å². The fourth-order valence-electron chi connectivity index (χ4n) is 3.20. The van der Waals surface area contributed by atoms with Crippen molar-refractivity contribution >= 4 is 35.9 Å². The minimum atomic E-state index is 0. The van der Waals surface area contributed by atoms with E-state index in [1.165, 1.54) is 0 Å². The predicted octanol–water partition coefficient (Wildman–Crippen LogP) is 2.11. The standard InChI is InChI=1S/C19H24N6O2.HI/c1-2-20-18(23-13-15-4-5-16-17(12-15)27-14-26-16)24-8-10-25(11-9-24)19-21-6-3-7-22-19;/h3-7,12H,2,8-11,13-14H2,1H3,(H,20,23);1H. The van der Waals surface area contributed by atoms with E-state index in [0.717, 1.165) is 61.7 Å². The Morgan fingerprint density at radius 3 is 2.61 bits per heavy atom. The molecule has 0 atom stereocenters. The number of ether oxygens (including phenoxy) is 2. The second-order valence-electron chi connectivity index (χ2n) is 6.38. The van der Waals surface area contributed by atoms with Gasteiger partial charge in [-0.2, -0.15) is 0 Å². The average molecular weight is 496 g/mol. The lowest BCUT2D eigenvalue weighted by molar-refractivity contribution is 0.174. The monoisotopic (exact) mass is 496 g/mol. The van der Waals surface area contributed by atoms with Crippen molar-refractivity contribution in [3.63, 3.8) is 0 Å². The summed E-state index contributed by atoms with van der Waals surface area (Å²) < 4.78 is 10.8. The average Bonchev–Trinajstić information content (AvgIpc) is 3.20. The summed E-state index contributed by atoms with van der Waals surface area (Å²) in [7, 11) is 0. The third kappa shape index (κ3) is 4.75. The molecule has 28 heavy (non-hydrogen) atoms. The van der Waals surface area contributed by atoms with Crippen LogP contribution in [0.4, 0.5) is 5.95 Å². The van der Waals surface area contributed by atoms with Gasteiger partial charge in [-0.25, -0.2) is 15.0 Å². The van der Waals surface area contributed by atoms with Crippen molar-refractivity contribution in [2.45, 2.75) is 13.5 Å². The largest absolute Gasteiger partial charge is 0.454 e. The number of aliphatic imine (C=N–C) groups is 1. The molecule has 150 valence electrons. The Hall–Kier alpha value is -2.30. The van der Waals surface area contributed by atoms with Crippen molar-refractivity contribution in [3.05, 3.63) is 42.2 Å². The van der Waals surface area contributed by atoms with Crippen LogP contribution in [0.1, 0.15) is 12.5 Å². The fraction of sp³-hybridized carbons (Fsp3) is 0.421. The van der Waals surface area contributed by atoms with E-state index in [1.54, 1.807) is 12.4 Å². The van der Waals surface area contributed by atoms with Crippen LogP contribution in [0.15, 0.2) is 41.7 Å². The molecule has 0 aliphatic carbocycles. The van der Waals surface area contributed by atoms with Gasteiger partial charge in [-0.15, -0.1) is 24.0 Å². The van der Waals surface area contributed by atoms with Crippen molar-refractivity contribution in [1.82, 2.24) is 20.2 Å². The Kier molecular flexibility index (Phi) is 7.12. The molecule has 0 bridgehead atoms. The van der Waals surface area contributed by atoms with E-state index in [1.807, 2.05) is 24.3 Å². The maximum atomic E-state index is 5.45. The van der Waals surface area contributed by atoms with Crippen LogP contribution in [-0.2, 0) is 6.54 Å². The van der Waals surface area contributed by atoms with Crippen molar-refractivity contribution in [1.29, 1.82) is 0 Å². The van der Waals surface area contributed by atoms with Crippen molar-refractivity contribution < 1.29 is 9.47 Å². The van der Waals surface area contributed by atoms with Gasteiger partial charge in [0.25, 0.3) is 0 Å². The molecule has 1 N–H and O–H groups in total. The summed E-state index contributed by atoms with van der Waals surface area (Å²) in [6, 6.07) is 7.82. The van der Waals surface area contributed by atoms with Crippen LogP contribution in [0.3, 0.4) is 0 Å². The van der Waals surface area contributed by atoms with E-state index >= 15 is 0 Å². The highest BCUT2D eigenvalue weighted by Crippen LogP contribution is 2.32. The molecule has 0 amide bonds. The Labute approximate surface area is 182 Å². The molecule has 1 aromatic heterocycles. The quantitative estimate of drug-likeness (QED) is 0.395. The third-order valence-electron chi connectivity index (χ3n) is 4.60. The molecule has 1 aromatic carbocycles. The maximum absolute atomic E-state index is 5.45. The number of rotatable bonds is 4. The Balaban J connectivity index is 0.00000225. The number of halogens is 1. The number of guanidine groups is 1. The van der Waals surface area contributed by atoms with Gasteiger partial charge in [0.15, 0.2) is 17.5 Å². The highest BCUT2D eigenvalue weighted by atomic mass is 127. The third-order valence-corrected chi connectivity index (χ3v) is 4.60. The maximum Gasteiger partial charge on any atom is 0.231 e. The highest BCUT2D eigenvalue weighted by Gasteiger charge is 2.21. The number of anilines is 1. The van der Waals surface area contributed by atoms with Gasteiger partial charge in [0, 0.05) is 45.1 Å². The molecule has 2 aromatic rings. The van der Waals surface area contributed by atoms with Gasteiger partial charge in [0.1, 0.15) is 0 Å². The molecule has 9 heteroatoms. The van der Waals surface area contributed by atoms with Crippen LogP contribution in [-0.4, -0.2) is 60.3 Å². The van der Waals surface area contributed by atoms with Crippen LogP contribution >= 0.6 is 24.0 Å². The molecule has 4 rings (SSSR count). The van der Waals surface area contributed by atoms with E-state index in [0.29, 0.717) is 13.3 Å². The van der Waals surface area contributed by atoms with E-state index in [9.17, 15) is 0 Å². The molecule has 1 fully saturated rings. The van der Waals surface area contributed by atoms with Gasteiger partial charge >= 0.3 is 0 Å². The first-order valence-electron chi connectivity index (χ1n) is 9.27. The first-order valence-corrected chi connectivity index (χ1v) is 9.27. The molecular formula is C19H25IN6O2. The zero-order valence-electron chi connectivity index (χ0n) is 15.9. The molecule has 0 spiro atoms. The lowest BCUT2D eigenvalue weighted by Gasteiger charge is -2.36. The summed E-state index contributed by atoms with van der Waals surface area (Å²) in [6.45, 7) is 7.32. The van der Waals surface area contributed by atoms with Crippen molar-refractivity contribution in [2.24, 2.45) is 4.99 Å². The normalized spacial score (nSPS) is 16.0. The number of nitrogens with zero attached hydrogens (tertiary/aromatic N) is 5. The molecule has 3 heterocycles. The van der Waals surface area contributed by atoms with Crippen LogP contribution in [0.5, 0.6) is 11.5 Å². The van der Waals surface area contributed by atoms with Crippen molar-refractivity contribution in [2.75, 3.05) is 44.4 Å². The second kappa shape index (κ2) is 9.76. The van der Waals surface area contributed by atoms with Crippen LogP contribution in [0.25, 0.3) is 0 Å². The highest BCUT2D eigenvalue weighted by molar-refractivity contribution is 14.0. The number of benzene rings is 1. The number of hydrogen-bond acceptors (Lipinski definition) is 6. The fourth-order valence-corrected chi connectivity index (χ4v) is 3.20. The van der Waals surface area contributed by atoms with Crippen LogP contribution in [0, 0.1) is 0 Å². The number of fused-ring (bicyclic) bond motifs is 1. The molecule has 2 aliphatic heterocycles.